The second-order valence-electron chi connectivity index (χ2n) is 5.23. The van der Waals surface area contributed by atoms with Crippen LogP contribution in [0.4, 0.5) is 13.2 Å². The smallest absolute Gasteiger partial charge is 0.334 e. The lowest BCUT2D eigenvalue weighted by Crippen LogP contribution is -2.49. The van der Waals surface area contributed by atoms with E-state index in [0.717, 1.165) is 24.0 Å². The Morgan fingerprint density at radius 3 is 2.86 bits per heavy atom. The number of hydrogen-bond donors (Lipinski definition) is 1. The number of carbonyl (C=O) groups excluding carboxylic acids is 1. The molecule has 1 unspecified atom stereocenters. The summed E-state index contributed by atoms with van der Waals surface area (Å²) < 4.78 is 38.6. The summed E-state index contributed by atoms with van der Waals surface area (Å²) in [7, 11) is 0. The number of hydrogen-bond acceptors (Lipinski definition) is 2. The molecule has 1 atom stereocenters. The molecule has 1 aliphatic rings. The number of alkyl halides is 3. The van der Waals surface area contributed by atoms with Crippen molar-refractivity contribution in [1.82, 2.24) is 14.8 Å². The second kappa shape index (κ2) is 6.51. The first-order valence-corrected chi connectivity index (χ1v) is 7.16. The molecule has 0 bridgehead atoms. The van der Waals surface area contributed by atoms with Gasteiger partial charge in [0.15, 0.2) is 0 Å². The minimum Gasteiger partial charge on any atom is -0.334 e. The zero-order chi connectivity index (χ0) is 15.5. The molecule has 1 amide bonds. The Hall–Kier alpha value is -1.50. The zero-order valence-electron chi connectivity index (χ0n) is 12.0. The molecule has 21 heavy (non-hydrogen) atoms. The third kappa shape index (κ3) is 4.00. The van der Waals surface area contributed by atoms with Crippen LogP contribution in [-0.2, 0) is 6.54 Å². The molecule has 0 radical (unpaired) electrons. The first kappa shape index (κ1) is 15.9. The minimum absolute atomic E-state index is 0.0467. The summed E-state index contributed by atoms with van der Waals surface area (Å²) >= 11 is 0. The standard InChI is InChI=1S/C14H20F3N3O/c1-2-20(11-5-3-7-18-9-11)13(21)12-6-4-8-19(12)10-14(15,16)17/h4,6,8,11,18H,2-3,5,7,9-10H2,1H3. The third-order valence-electron chi connectivity index (χ3n) is 3.71. The van der Waals surface area contributed by atoms with Gasteiger partial charge in [-0.2, -0.15) is 13.2 Å². The van der Waals surface area contributed by atoms with Gasteiger partial charge in [-0.3, -0.25) is 4.79 Å². The van der Waals surface area contributed by atoms with E-state index < -0.39 is 12.7 Å². The van der Waals surface area contributed by atoms with Gasteiger partial charge in [-0.15, -0.1) is 0 Å². The van der Waals surface area contributed by atoms with Gasteiger partial charge in [0.05, 0.1) is 0 Å². The van der Waals surface area contributed by atoms with Gasteiger partial charge in [0.1, 0.15) is 12.2 Å². The lowest BCUT2D eigenvalue weighted by molar-refractivity contribution is -0.140. The molecular weight excluding hydrogens is 283 g/mol. The van der Waals surface area contributed by atoms with Gasteiger partial charge in [0, 0.05) is 25.3 Å². The average molecular weight is 303 g/mol. The van der Waals surface area contributed by atoms with Crippen LogP contribution in [-0.4, -0.2) is 47.2 Å². The number of nitrogens with one attached hydrogen (secondary N) is 1. The van der Waals surface area contributed by atoms with Crippen molar-refractivity contribution in [3.8, 4) is 0 Å². The van der Waals surface area contributed by atoms with Crippen molar-refractivity contribution in [2.24, 2.45) is 0 Å². The fourth-order valence-electron chi connectivity index (χ4n) is 2.75. The van der Waals surface area contributed by atoms with E-state index in [9.17, 15) is 18.0 Å². The molecule has 1 aromatic heterocycles. The summed E-state index contributed by atoms with van der Waals surface area (Å²) in [6.45, 7) is 2.82. The number of aromatic nitrogens is 1. The summed E-state index contributed by atoms with van der Waals surface area (Å²) in [6.07, 6.45) is -1.18. The topological polar surface area (TPSA) is 37.3 Å². The van der Waals surface area contributed by atoms with Crippen molar-refractivity contribution in [2.75, 3.05) is 19.6 Å². The number of amides is 1. The molecule has 1 aliphatic heterocycles. The van der Waals surface area contributed by atoms with Crippen LogP contribution in [0.1, 0.15) is 30.3 Å². The van der Waals surface area contributed by atoms with E-state index in [2.05, 4.69) is 5.32 Å². The molecule has 4 nitrogen and oxygen atoms in total. The van der Waals surface area contributed by atoms with Gasteiger partial charge >= 0.3 is 6.18 Å². The highest BCUT2D eigenvalue weighted by atomic mass is 19.4. The number of halogens is 3. The van der Waals surface area contributed by atoms with Gasteiger partial charge in [0.25, 0.3) is 5.91 Å². The van der Waals surface area contributed by atoms with Crippen LogP contribution in [0, 0.1) is 0 Å². The van der Waals surface area contributed by atoms with E-state index in [1.807, 2.05) is 6.92 Å². The van der Waals surface area contributed by atoms with E-state index in [4.69, 9.17) is 0 Å². The maximum atomic E-state index is 12.6. The molecular formula is C14H20F3N3O. The highest BCUT2D eigenvalue weighted by Crippen LogP contribution is 2.21. The van der Waals surface area contributed by atoms with Crippen LogP contribution < -0.4 is 5.32 Å². The van der Waals surface area contributed by atoms with Crippen molar-refractivity contribution in [2.45, 2.75) is 38.5 Å². The molecule has 2 heterocycles. The summed E-state index contributed by atoms with van der Waals surface area (Å²) in [5.41, 5.74) is 0.0970. The molecule has 0 saturated carbocycles. The van der Waals surface area contributed by atoms with Gasteiger partial charge < -0.3 is 14.8 Å². The van der Waals surface area contributed by atoms with Crippen LogP contribution in [0.3, 0.4) is 0 Å². The molecule has 0 spiro atoms. The Labute approximate surface area is 121 Å². The molecule has 0 aromatic carbocycles. The zero-order valence-corrected chi connectivity index (χ0v) is 12.0. The monoisotopic (exact) mass is 303 g/mol. The Kier molecular flexibility index (Phi) is 4.92. The maximum Gasteiger partial charge on any atom is 0.406 e. The maximum absolute atomic E-state index is 12.6. The van der Waals surface area contributed by atoms with Gasteiger partial charge in [-0.05, 0) is 38.4 Å². The van der Waals surface area contributed by atoms with Crippen LogP contribution in [0.2, 0.25) is 0 Å². The molecule has 1 fully saturated rings. The first-order chi connectivity index (χ1) is 9.92. The first-order valence-electron chi connectivity index (χ1n) is 7.16. The Bertz CT molecular complexity index is 478. The summed E-state index contributed by atoms with van der Waals surface area (Å²) in [5.74, 6) is -0.333. The van der Waals surface area contributed by atoms with Gasteiger partial charge in [-0.25, -0.2) is 0 Å². The van der Waals surface area contributed by atoms with E-state index >= 15 is 0 Å². The number of piperidine rings is 1. The van der Waals surface area contributed by atoms with Gasteiger partial charge in [-0.1, -0.05) is 0 Å². The largest absolute Gasteiger partial charge is 0.406 e. The highest BCUT2D eigenvalue weighted by molar-refractivity contribution is 5.93. The molecule has 0 aliphatic carbocycles. The molecule has 2 rings (SSSR count). The second-order valence-corrected chi connectivity index (χ2v) is 5.23. The quantitative estimate of drug-likeness (QED) is 0.926. The fourth-order valence-corrected chi connectivity index (χ4v) is 2.75. The molecule has 1 aromatic rings. The Balaban J connectivity index is 2.16. The summed E-state index contributed by atoms with van der Waals surface area (Å²) in [5, 5.41) is 3.22. The van der Waals surface area contributed by atoms with Gasteiger partial charge in [0.2, 0.25) is 0 Å². The number of rotatable bonds is 4. The van der Waals surface area contributed by atoms with Crippen LogP contribution >= 0.6 is 0 Å². The van der Waals surface area contributed by atoms with Crippen molar-refractivity contribution >= 4 is 5.91 Å². The molecule has 118 valence electrons. The predicted octanol–water partition coefficient (Wildman–Crippen LogP) is 2.26. The summed E-state index contributed by atoms with van der Waals surface area (Å²) in [4.78, 5) is 14.2. The summed E-state index contributed by atoms with van der Waals surface area (Å²) in [6, 6.07) is 2.98. The van der Waals surface area contributed by atoms with E-state index in [1.54, 1.807) is 4.90 Å². The third-order valence-corrected chi connectivity index (χ3v) is 3.71. The van der Waals surface area contributed by atoms with Crippen LogP contribution in [0.25, 0.3) is 0 Å². The lowest BCUT2D eigenvalue weighted by Gasteiger charge is -2.34. The number of carbonyl (C=O) groups is 1. The van der Waals surface area contributed by atoms with E-state index in [1.165, 1.54) is 18.3 Å². The van der Waals surface area contributed by atoms with Crippen molar-refractivity contribution < 1.29 is 18.0 Å². The minimum atomic E-state index is -4.34. The number of likely N-dealkylation sites (N-methyl/N-ethyl adjacent to an activating group) is 1. The Morgan fingerprint density at radius 2 is 2.29 bits per heavy atom. The van der Waals surface area contributed by atoms with Crippen molar-refractivity contribution in [3.63, 3.8) is 0 Å². The predicted molar refractivity (Wildman–Crippen MR) is 73.1 cm³/mol. The molecule has 1 N–H and O–H groups in total. The molecule has 1 saturated heterocycles. The van der Waals surface area contributed by atoms with Crippen LogP contribution in [0.15, 0.2) is 18.3 Å². The lowest BCUT2D eigenvalue weighted by atomic mass is 10.1. The SMILES string of the molecule is CCN(C(=O)c1cccn1CC(F)(F)F)C1CCCNC1. The Morgan fingerprint density at radius 1 is 1.52 bits per heavy atom. The van der Waals surface area contributed by atoms with Crippen molar-refractivity contribution in [1.29, 1.82) is 0 Å². The average Bonchev–Trinajstić information content (AvgIpc) is 2.86. The van der Waals surface area contributed by atoms with Crippen LogP contribution in [0.5, 0.6) is 0 Å². The highest BCUT2D eigenvalue weighted by Gasteiger charge is 2.31. The fraction of sp³-hybridized carbons (Fsp3) is 0.643. The normalized spacial score (nSPS) is 19.5. The molecule has 7 heteroatoms. The number of nitrogens with zero attached hydrogens (tertiary/aromatic N) is 2. The van der Waals surface area contributed by atoms with Crippen molar-refractivity contribution in [3.05, 3.63) is 24.0 Å². The van der Waals surface area contributed by atoms with E-state index in [-0.39, 0.29) is 17.6 Å². The van der Waals surface area contributed by atoms with E-state index in [0.29, 0.717) is 13.1 Å².